The molecule has 0 aromatic rings. The highest BCUT2D eigenvalue weighted by Gasteiger charge is 2.71. The topological polar surface area (TPSA) is 63.6 Å². The Bertz CT molecular complexity index is 621. The fraction of sp³-hybridized carbons (Fsp3) is 0.800. The lowest BCUT2D eigenvalue weighted by Gasteiger charge is -2.61. The molecule has 1 N–H and O–H groups in total. The third kappa shape index (κ3) is 1.73. The van der Waals surface area contributed by atoms with Crippen LogP contribution in [0.2, 0.25) is 0 Å². The van der Waals surface area contributed by atoms with Crippen LogP contribution in [0.1, 0.15) is 52.4 Å². The SMILES string of the molecule is C=C1C(=O)[C@@]23C[C@H]1CCC2C1(CCCC(C)(C)C1CO)COC3=O. The Balaban J connectivity index is 1.86. The first kappa shape index (κ1) is 16.3. The van der Waals surface area contributed by atoms with Crippen LogP contribution in [0.5, 0.6) is 0 Å². The van der Waals surface area contributed by atoms with Crippen LogP contribution in [0.3, 0.4) is 0 Å². The van der Waals surface area contributed by atoms with Crippen molar-refractivity contribution in [1.82, 2.24) is 0 Å². The van der Waals surface area contributed by atoms with E-state index in [1.165, 1.54) is 0 Å². The number of cyclic esters (lactones) is 1. The molecule has 0 aromatic carbocycles. The number of ether oxygens (including phenoxy) is 1. The van der Waals surface area contributed by atoms with E-state index in [9.17, 15) is 14.7 Å². The van der Waals surface area contributed by atoms with E-state index < -0.39 is 5.41 Å². The maximum atomic E-state index is 13.1. The molecule has 24 heavy (non-hydrogen) atoms. The standard InChI is InChI=1S/C20H28O4/c1-12-13-5-6-14-19(8-4-7-18(2,3)15(19)10-21)11-24-17(23)20(14,9-13)16(12)22/h13-15,21H,1,4-11H2,2-3H3/t13-,14?,15?,19?,20-/m1/s1. The van der Waals surface area contributed by atoms with Gasteiger partial charge in [-0.2, -0.15) is 0 Å². The summed E-state index contributed by atoms with van der Waals surface area (Å²) in [7, 11) is 0. The average Bonchev–Trinajstić information content (AvgIpc) is 2.73. The number of allylic oxidation sites excluding steroid dienone is 1. The van der Waals surface area contributed by atoms with Gasteiger partial charge in [-0.25, -0.2) is 0 Å². The highest BCUT2D eigenvalue weighted by atomic mass is 16.5. The van der Waals surface area contributed by atoms with Crippen LogP contribution in [0.4, 0.5) is 0 Å². The van der Waals surface area contributed by atoms with Crippen LogP contribution in [0.25, 0.3) is 0 Å². The van der Waals surface area contributed by atoms with Crippen molar-refractivity contribution in [3.05, 3.63) is 12.2 Å². The number of ketones is 1. The summed E-state index contributed by atoms with van der Waals surface area (Å²) in [4.78, 5) is 25.9. The molecule has 3 saturated carbocycles. The second-order valence-electron chi connectivity index (χ2n) is 9.24. The predicted molar refractivity (Wildman–Crippen MR) is 89.0 cm³/mol. The molecular formula is C20H28O4. The molecule has 0 amide bonds. The van der Waals surface area contributed by atoms with Crippen molar-refractivity contribution >= 4 is 11.8 Å². The summed E-state index contributed by atoms with van der Waals surface area (Å²) in [5, 5.41) is 10.2. The van der Waals surface area contributed by atoms with Gasteiger partial charge >= 0.3 is 5.97 Å². The molecule has 2 bridgehead atoms. The van der Waals surface area contributed by atoms with E-state index in [4.69, 9.17) is 4.74 Å². The summed E-state index contributed by atoms with van der Waals surface area (Å²) in [6.07, 6.45) is 5.45. The fourth-order valence-corrected chi connectivity index (χ4v) is 6.81. The Morgan fingerprint density at radius 2 is 2.00 bits per heavy atom. The predicted octanol–water partition coefficient (Wildman–Crippen LogP) is 2.89. The van der Waals surface area contributed by atoms with E-state index in [1.54, 1.807) is 0 Å². The fourth-order valence-electron chi connectivity index (χ4n) is 6.81. The van der Waals surface area contributed by atoms with Crippen molar-refractivity contribution in [2.24, 2.45) is 34.0 Å². The summed E-state index contributed by atoms with van der Waals surface area (Å²) in [5.41, 5.74) is -0.663. The highest BCUT2D eigenvalue weighted by Crippen LogP contribution is 2.67. The molecule has 1 heterocycles. The van der Waals surface area contributed by atoms with Gasteiger partial charge in [0.2, 0.25) is 0 Å². The van der Waals surface area contributed by atoms with Crippen molar-refractivity contribution in [2.75, 3.05) is 13.2 Å². The lowest BCUT2D eigenvalue weighted by Crippen LogP contribution is -2.64. The van der Waals surface area contributed by atoms with Crippen LogP contribution in [0.15, 0.2) is 12.2 Å². The maximum absolute atomic E-state index is 13.1. The molecule has 3 aliphatic carbocycles. The van der Waals surface area contributed by atoms with Crippen LogP contribution in [-0.2, 0) is 14.3 Å². The van der Waals surface area contributed by atoms with E-state index in [0.717, 1.165) is 32.1 Å². The van der Waals surface area contributed by atoms with Crippen LogP contribution < -0.4 is 0 Å². The molecule has 4 rings (SSSR count). The molecule has 4 aliphatic rings. The zero-order valence-corrected chi connectivity index (χ0v) is 14.8. The van der Waals surface area contributed by atoms with Crippen LogP contribution in [0, 0.1) is 34.0 Å². The lowest BCUT2D eigenvalue weighted by molar-refractivity contribution is -0.216. The number of fused-ring (bicyclic) bond motifs is 2. The summed E-state index contributed by atoms with van der Waals surface area (Å²) in [6, 6.07) is 0. The number of esters is 1. The summed E-state index contributed by atoms with van der Waals surface area (Å²) in [5.74, 6) is -0.204. The van der Waals surface area contributed by atoms with Gasteiger partial charge in [0.05, 0.1) is 6.61 Å². The minimum Gasteiger partial charge on any atom is -0.464 e. The Hall–Kier alpha value is -1.16. The van der Waals surface area contributed by atoms with E-state index in [0.29, 0.717) is 18.6 Å². The van der Waals surface area contributed by atoms with Gasteiger partial charge in [0.15, 0.2) is 5.78 Å². The highest BCUT2D eigenvalue weighted by molar-refractivity contribution is 6.15. The largest absolute Gasteiger partial charge is 0.464 e. The molecule has 132 valence electrons. The summed E-state index contributed by atoms with van der Waals surface area (Å²) < 4.78 is 5.69. The van der Waals surface area contributed by atoms with Gasteiger partial charge in [0.25, 0.3) is 0 Å². The second kappa shape index (κ2) is 4.94. The number of Topliss-reactive ketones (excluding diaryl/α,β-unsaturated/α-hetero) is 1. The molecule has 4 heteroatoms. The number of carbonyl (C=O) groups is 2. The smallest absolute Gasteiger partial charge is 0.320 e. The first-order chi connectivity index (χ1) is 11.3. The molecule has 1 aliphatic heterocycles. The molecule has 4 fully saturated rings. The molecule has 5 atom stereocenters. The Morgan fingerprint density at radius 1 is 1.25 bits per heavy atom. The van der Waals surface area contributed by atoms with Crippen LogP contribution in [-0.4, -0.2) is 30.1 Å². The average molecular weight is 332 g/mol. The summed E-state index contributed by atoms with van der Waals surface area (Å²) >= 11 is 0. The van der Waals surface area contributed by atoms with E-state index >= 15 is 0 Å². The first-order valence-electron chi connectivity index (χ1n) is 9.31. The maximum Gasteiger partial charge on any atom is 0.320 e. The monoisotopic (exact) mass is 332 g/mol. The molecule has 0 aromatic heterocycles. The lowest BCUT2D eigenvalue weighted by atomic mass is 9.45. The zero-order valence-electron chi connectivity index (χ0n) is 14.8. The number of aliphatic hydroxyl groups excluding tert-OH is 1. The molecule has 1 saturated heterocycles. The number of carbonyl (C=O) groups excluding carboxylic acids is 2. The van der Waals surface area contributed by atoms with Crippen molar-refractivity contribution in [1.29, 1.82) is 0 Å². The van der Waals surface area contributed by atoms with Gasteiger partial charge < -0.3 is 9.84 Å². The second-order valence-corrected chi connectivity index (χ2v) is 9.24. The van der Waals surface area contributed by atoms with Crippen molar-refractivity contribution in [3.8, 4) is 0 Å². The molecule has 2 spiro atoms. The van der Waals surface area contributed by atoms with Gasteiger partial charge in [-0.3, -0.25) is 9.59 Å². The Kier molecular flexibility index (Phi) is 3.36. The molecule has 4 nitrogen and oxygen atoms in total. The van der Waals surface area contributed by atoms with Gasteiger partial charge in [0.1, 0.15) is 5.41 Å². The van der Waals surface area contributed by atoms with Gasteiger partial charge in [-0.1, -0.05) is 26.8 Å². The third-order valence-corrected chi connectivity index (χ3v) is 7.97. The van der Waals surface area contributed by atoms with Crippen molar-refractivity contribution in [2.45, 2.75) is 52.4 Å². The Labute approximate surface area is 143 Å². The first-order valence-corrected chi connectivity index (χ1v) is 9.31. The molecule has 3 unspecified atom stereocenters. The summed E-state index contributed by atoms with van der Waals surface area (Å²) in [6.45, 7) is 8.86. The van der Waals surface area contributed by atoms with Gasteiger partial charge in [-0.05, 0) is 60.8 Å². The number of aliphatic hydroxyl groups is 1. The third-order valence-electron chi connectivity index (χ3n) is 7.97. The van der Waals surface area contributed by atoms with Crippen LogP contribution >= 0.6 is 0 Å². The van der Waals surface area contributed by atoms with E-state index in [2.05, 4.69) is 20.4 Å². The van der Waals surface area contributed by atoms with E-state index in [1.807, 2.05) is 0 Å². The zero-order chi connectivity index (χ0) is 17.3. The normalized spacial score (nSPS) is 46.8. The number of hydrogen-bond acceptors (Lipinski definition) is 4. The van der Waals surface area contributed by atoms with Crippen molar-refractivity contribution < 1.29 is 19.4 Å². The minimum absolute atomic E-state index is 0.00650. The van der Waals surface area contributed by atoms with Crippen molar-refractivity contribution in [3.63, 3.8) is 0 Å². The number of rotatable bonds is 1. The minimum atomic E-state index is -1.01. The number of hydrogen-bond donors (Lipinski definition) is 1. The molecular weight excluding hydrogens is 304 g/mol. The van der Waals surface area contributed by atoms with Gasteiger partial charge in [-0.15, -0.1) is 0 Å². The molecule has 0 radical (unpaired) electrons. The Morgan fingerprint density at radius 3 is 2.71 bits per heavy atom. The van der Waals surface area contributed by atoms with Gasteiger partial charge in [0, 0.05) is 12.0 Å². The van der Waals surface area contributed by atoms with E-state index in [-0.39, 0.29) is 46.9 Å². The quantitative estimate of drug-likeness (QED) is 0.455.